The minimum absolute atomic E-state index is 0.0233. The predicted octanol–water partition coefficient (Wildman–Crippen LogP) is 5.40. The van der Waals surface area contributed by atoms with Gasteiger partial charge < -0.3 is 5.32 Å². The number of likely N-dealkylation sites (tertiary alicyclic amines) is 1. The van der Waals surface area contributed by atoms with Crippen molar-refractivity contribution >= 4 is 5.91 Å². The van der Waals surface area contributed by atoms with Crippen LogP contribution in [0.5, 0.6) is 0 Å². The number of nitrogens with zero attached hydrogens (tertiary/aromatic N) is 2. The molecular weight excluding hydrogens is 418 g/mol. The molecule has 0 unspecified atom stereocenters. The second kappa shape index (κ2) is 8.99. The third kappa shape index (κ3) is 3.84. The molecule has 3 aliphatic carbocycles. The molecular formula is C30H33N3O. The molecule has 1 N–H and O–H groups in total. The second-order valence-corrected chi connectivity index (χ2v) is 10.5. The zero-order valence-electron chi connectivity index (χ0n) is 19.6. The van der Waals surface area contributed by atoms with Gasteiger partial charge in [-0.25, -0.2) is 0 Å². The molecule has 1 aromatic heterocycles. The number of benzene rings is 2. The van der Waals surface area contributed by atoms with Crippen LogP contribution in [0, 0.1) is 5.92 Å². The van der Waals surface area contributed by atoms with Crippen molar-refractivity contribution in [2.45, 2.75) is 55.5 Å². The predicted molar refractivity (Wildman–Crippen MR) is 135 cm³/mol. The first-order chi connectivity index (χ1) is 16.7. The number of fused-ring (bicyclic) bond motifs is 3. The van der Waals surface area contributed by atoms with Crippen LogP contribution in [0.4, 0.5) is 0 Å². The van der Waals surface area contributed by atoms with Gasteiger partial charge in [-0.1, -0.05) is 60.7 Å². The summed E-state index contributed by atoms with van der Waals surface area (Å²) < 4.78 is 0. The lowest BCUT2D eigenvalue weighted by Gasteiger charge is -2.61. The number of rotatable bonds is 5. The fourth-order valence-corrected chi connectivity index (χ4v) is 7.29. The smallest absolute Gasteiger partial charge is 0.251 e. The molecule has 2 aromatic carbocycles. The Balaban J connectivity index is 1.43. The van der Waals surface area contributed by atoms with Crippen molar-refractivity contribution in [3.05, 3.63) is 102 Å². The van der Waals surface area contributed by atoms with Gasteiger partial charge >= 0.3 is 0 Å². The van der Waals surface area contributed by atoms with Gasteiger partial charge in [0.1, 0.15) is 0 Å². The molecule has 0 spiro atoms. The highest BCUT2D eigenvalue weighted by Crippen LogP contribution is 2.60. The van der Waals surface area contributed by atoms with Crippen molar-refractivity contribution in [1.82, 2.24) is 15.2 Å². The maximum atomic E-state index is 13.3. The molecule has 7 rings (SSSR count). The molecule has 4 fully saturated rings. The van der Waals surface area contributed by atoms with Crippen molar-refractivity contribution in [1.29, 1.82) is 0 Å². The normalized spacial score (nSPS) is 30.8. The van der Waals surface area contributed by atoms with Crippen molar-refractivity contribution in [3.8, 4) is 0 Å². The zero-order valence-corrected chi connectivity index (χ0v) is 19.6. The van der Waals surface area contributed by atoms with E-state index < -0.39 is 0 Å². The Morgan fingerprint density at radius 3 is 1.91 bits per heavy atom. The Kier molecular flexibility index (Phi) is 5.70. The van der Waals surface area contributed by atoms with Crippen molar-refractivity contribution in [2.24, 2.45) is 5.92 Å². The van der Waals surface area contributed by atoms with Crippen LogP contribution in [0.2, 0.25) is 0 Å². The molecule has 1 amide bonds. The number of pyridine rings is 1. The minimum Gasteiger partial charge on any atom is -0.349 e. The summed E-state index contributed by atoms with van der Waals surface area (Å²) in [4.78, 5) is 20.2. The quantitative estimate of drug-likeness (QED) is 0.565. The summed E-state index contributed by atoms with van der Waals surface area (Å²) >= 11 is 0. The van der Waals surface area contributed by atoms with Gasteiger partial charge in [-0.15, -0.1) is 0 Å². The standard InChI is InChI=1S/C30H33N3O/c34-29(24-13-15-31-16-14-24)32-27-21-30(33-17-7-8-18-33)19-25(22-9-3-1-4-10-22)28(27)26(20-30)23-11-5-2-6-12-23/h1-6,9-16,25-28H,7-8,17-21H2,(H,32,34)/t25-,26-,27-,28?,30?/m0/s1. The lowest BCUT2D eigenvalue weighted by atomic mass is 9.51. The van der Waals surface area contributed by atoms with E-state index in [1.54, 1.807) is 12.4 Å². The molecule has 174 valence electrons. The van der Waals surface area contributed by atoms with E-state index in [0.29, 0.717) is 23.3 Å². The summed E-state index contributed by atoms with van der Waals surface area (Å²) in [5.74, 6) is 1.25. The number of amides is 1. The van der Waals surface area contributed by atoms with Gasteiger partial charge in [0, 0.05) is 29.5 Å². The maximum Gasteiger partial charge on any atom is 0.251 e. The van der Waals surface area contributed by atoms with Crippen molar-refractivity contribution in [3.63, 3.8) is 0 Å². The van der Waals surface area contributed by atoms with Gasteiger partial charge in [-0.05, 0) is 86.2 Å². The lowest BCUT2D eigenvalue weighted by molar-refractivity contribution is -0.0428. The first-order valence-electron chi connectivity index (χ1n) is 12.8. The summed E-state index contributed by atoms with van der Waals surface area (Å²) in [5.41, 5.74) is 3.65. The van der Waals surface area contributed by atoms with Crippen molar-refractivity contribution < 1.29 is 4.79 Å². The van der Waals surface area contributed by atoms with E-state index >= 15 is 0 Å². The number of carbonyl (C=O) groups is 1. The Labute approximate surface area is 202 Å². The summed E-state index contributed by atoms with van der Waals surface area (Å²) in [7, 11) is 0. The maximum absolute atomic E-state index is 13.3. The monoisotopic (exact) mass is 451 g/mol. The average molecular weight is 452 g/mol. The summed E-state index contributed by atoms with van der Waals surface area (Å²) in [6.07, 6.45) is 9.39. The highest BCUT2D eigenvalue weighted by molar-refractivity contribution is 5.94. The number of nitrogens with one attached hydrogen (secondary N) is 1. The molecule has 4 nitrogen and oxygen atoms in total. The van der Waals surface area contributed by atoms with Crippen LogP contribution in [-0.2, 0) is 0 Å². The number of aromatic nitrogens is 1. The van der Waals surface area contributed by atoms with Crippen LogP contribution in [0.25, 0.3) is 0 Å². The summed E-state index contributed by atoms with van der Waals surface area (Å²) in [5, 5.41) is 3.52. The third-order valence-corrected chi connectivity index (χ3v) is 8.68. The Hall–Kier alpha value is -2.98. The van der Waals surface area contributed by atoms with Gasteiger partial charge in [0.05, 0.1) is 0 Å². The third-order valence-electron chi connectivity index (χ3n) is 8.68. The number of carbonyl (C=O) groups excluding carboxylic acids is 1. The summed E-state index contributed by atoms with van der Waals surface area (Å²) in [6, 6.07) is 25.9. The van der Waals surface area contributed by atoms with Crippen LogP contribution >= 0.6 is 0 Å². The molecule has 2 bridgehead atoms. The molecule has 4 aliphatic rings. The van der Waals surface area contributed by atoms with E-state index in [9.17, 15) is 4.79 Å². The topological polar surface area (TPSA) is 45.2 Å². The molecule has 2 heterocycles. The van der Waals surface area contributed by atoms with Crippen LogP contribution in [0.3, 0.4) is 0 Å². The van der Waals surface area contributed by atoms with E-state index in [0.717, 1.165) is 6.42 Å². The molecule has 4 heteroatoms. The summed E-state index contributed by atoms with van der Waals surface area (Å²) in [6.45, 7) is 2.36. The Bertz CT molecular complexity index is 1060. The lowest BCUT2D eigenvalue weighted by Crippen LogP contribution is -2.65. The fraction of sp³-hybridized carbons (Fsp3) is 0.400. The Morgan fingerprint density at radius 1 is 0.794 bits per heavy atom. The SMILES string of the molecule is O=C(N[C@H]1CC2(N3CCCC3)C[C@@H](c3ccccc3)C1[C@H](c1ccccc1)C2)c1ccncc1. The van der Waals surface area contributed by atoms with Crippen molar-refractivity contribution in [2.75, 3.05) is 13.1 Å². The highest BCUT2D eigenvalue weighted by atomic mass is 16.1. The molecule has 34 heavy (non-hydrogen) atoms. The van der Waals surface area contributed by atoms with E-state index in [4.69, 9.17) is 0 Å². The van der Waals surface area contributed by atoms with E-state index in [2.05, 4.69) is 75.9 Å². The first-order valence-corrected chi connectivity index (χ1v) is 12.8. The van der Waals surface area contributed by atoms with Crippen LogP contribution < -0.4 is 5.32 Å². The first kappa shape index (κ1) is 21.5. The number of hydrogen-bond donors (Lipinski definition) is 1. The molecule has 1 aliphatic heterocycles. The zero-order chi connectivity index (χ0) is 23.0. The Morgan fingerprint density at radius 2 is 1.35 bits per heavy atom. The van der Waals surface area contributed by atoms with Crippen LogP contribution in [-0.4, -0.2) is 40.5 Å². The number of hydrogen-bond acceptors (Lipinski definition) is 3. The van der Waals surface area contributed by atoms with Gasteiger partial charge in [0.25, 0.3) is 5.91 Å². The molecule has 0 radical (unpaired) electrons. The van der Waals surface area contributed by atoms with Crippen LogP contribution in [0.15, 0.2) is 85.2 Å². The molecule has 3 saturated carbocycles. The van der Waals surface area contributed by atoms with E-state index in [1.165, 1.54) is 49.9 Å². The average Bonchev–Trinajstić information content (AvgIpc) is 3.46. The van der Waals surface area contributed by atoms with Gasteiger partial charge in [-0.3, -0.25) is 14.7 Å². The molecule has 1 saturated heterocycles. The van der Waals surface area contributed by atoms with Gasteiger partial charge in [0.2, 0.25) is 0 Å². The fourth-order valence-electron chi connectivity index (χ4n) is 7.29. The molecule has 3 atom stereocenters. The van der Waals surface area contributed by atoms with Gasteiger partial charge in [0.15, 0.2) is 0 Å². The van der Waals surface area contributed by atoms with Gasteiger partial charge in [-0.2, -0.15) is 0 Å². The highest BCUT2D eigenvalue weighted by Gasteiger charge is 2.58. The van der Waals surface area contributed by atoms with E-state index in [1.807, 2.05) is 12.1 Å². The largest absolute Gasteiger partial charge is 0.349 e. The van der Waals surface area contributed by atoms with Crippen LogP contribution in [0.1, 0.15) is 65.4 Å². The molecule has 3 aromatic rings. The minimum atomic E-state index is 0.0233. The van der Waals surface area contributed by atoms with E-state index in [-0.39, 0.29) is 17.5 Å². The second-order valence-electron chi connectivity index (χ2n) is 10.5.